The van der Waals surface area contributed by atoms with E-state index in [1.54, 1.807) is 17.0 Å². The molecule has 3 aromatic rings. The third kappa shape index (κ3) is 3.29. The molecular weight excluding hydrogens is 353 g/mol. The first-order valence-electron chi connectivity index (χ1n) is 9.15. The average Bonchev–Trinajstić information content (AvgIpc) is 2.96. The number of hydrogen-bond donors (Lipinski definition) is 1. The van der Waals surface area contributed by atoms with E-state index in [-0.39, 0.29) is 11.6 Å². The Balaban J connectivity index is 1.80. The van der Waals surface area contributed by atoms with E-state index in [9.17, 15) is 14.3 Å². The van der Waals surface area contributed by atoms with Crippen molar-refractivity contribution in [2.45, 2.75) is 19.5 Å². The molecule has 0 spiro atoms. The molecule has 0 aliphatic carbocycles. The van der Waals surface area contributed by atoms with E-state index in [1.807, 2.05) is 61.5 Å². The second kappa shape index (κ2) is 7.31. The summed E-state index contributed by atoms with van der Waals surface area (Å²) in [7, 11) is 0. The zero-order chi connectivity index (χ0) is 19.7. The van der Waals surface area contributed by atoms with Crippen molar-refractivity contribution >= 4 is 11.5 Å². The Labute approximate surface area is 163 Å². The van der Waals surface area contributed by atoms with Gasteiger partial charge in [-0.1, -0.05) is 72.3 Å². The van der Waals surface area contributed by atoms with E-state index in [1.165, 1.54) is 12.1 Å². The molecule has 140 valence electrons. The SMILES string of the molecule is Cc1ccc(CN2C(=O)C(O)=C(c3ccccc3)[C@@H]2c2ccc(F)cc2)cc1. The molecule has 0 saturated heterocycles. The van der Waals surface area contributed by atoms with E-state index in [4.69, 9.17) is 0 Å². The van der Waals surface area contributed by atoms with Crippen LogP contribution in [0.3, 0.4) is 0 Å². The number of carbonyl (C=O) groups excluding carboxylic acids is 1. The molecule has 0 radical (unpaired) electrons. The molecule has 4 heteroatoms. The number of aliphatic hydroxyl groups excluding tert-OH is 1. The average molecular weight is 373 g/mol. The summed E-state index contributed by atoms with van der Waals surface area (Å²) in [4.78, 5) is 14.6. The standard InChI is InChI=1S/C24H20FNO2/c1-16-7-9-17(10-8-16)15-26-22(19-11-13-20(25)14-12-19)21(23(27)24(26)28)18-5-3-2-4-6-18/h2-14,22,27H,15H2,1H3/t22-/m0/s1. The van der Waals surface area contributed by atoms with Crippen molar-refractivity contribution in [3.05, 3.63) is 113 Å². The molecule has 1 aliphatic heterocycles. The lowest BCUT2D eigenvalue weighted by Gasteiger charge is -2.27. The molecule has 4 rings (SSSR count). The maximum atomic E-state index is 13.5. The van der Waals surface area contributed by atoms with Gasteiger partial charge in [-0.05, 0) is 35.7 Å². The highest BCUT2D eigenvalue weighted by atomic mass is 19.1. The summed E-state index contributed by atoms with van der Waals surface area (Å²) in [5.41, 5.74) is 4.17. The molecule has 0 saturated carbocycles. The summed E-state index contributed by atoms with van der Waals surface area (Å²) in [6.45, 7) is 2.36. The molecule has 1 heterocycles. The monoisotopic (exact) mass is 373 g/mol. The Hall–Kier alpha value is -3.40. The molecule has 3 aromatic carbocycles. The van der Waals surface area contributed by atoms with Gasteiger partial charge in [-0.25, -0.2) is 4.39 Å². The molecule has 0 unspecified atom stereocenters. The second-order valence-electron chi connectivity index (χ2n) is 7.00. The van der Waals surface area contributed by atoms with Gasteiger partial charge in [-0.3, -0.25) is 4.79 Å². The van der Waals surface area contributed by atoms with Crippen LogP contribution in [-0.2, 0) is 11.3 Å². The maximum absolute atomic E-state index is 13.5. The van der Waals surface area contributed by atoms with E-state index >= 15 is 0 Å². The first-order chi connectivity index (χ1) is 13.5. The van der Waals surface area contributed by atoms with Crippen LogP contribution in [0.15, 0.2) is 84.6 Å². The Morgan fingerprint density at radius 3 is 2.21 bits per heavy atom. The van der Waals surface area contributed by atoms with Crippen LogP contribution in [0.1, 0.15) is 28.3 Å². The van der Waals surface area contributed by atoms with Gasteiger partial charge in [0, 0.05) is 12.1 Å². The zero-order valence-corrected chi connectivity index (χ0v) is 15.5. The number of aryl methyl sites for hydroxylation is 1. The van der Waals surface area contributed by atoms with E-state index < -0.39 is 11.9 Å². The fraction of sp³-hybridized carbons (Fsp3) is 0.125. The van der Waals surface area contributed by atoms with Gasteiger partial charge in [0.05, 0.1) is 6.04 Å². The molecule has 3 nitrogen and oxygen atoms in total. The normalized spacial score (nSPS) is 16.7. The van der Waals surface area contributed by atoms with Crippen molar-refractivity contribution in [1.29, 1.82) is 0 Å². The number of carbonyl (C=O) groups is 1. The Bertz CT molecular complexity index is 1020. The van der Waals surface area contributed by atoms with Gasteiger partial charge in [-0.15, -0.1) is 0 Å². The fourth-order valence-electron chi connectivity index (χ4n) is 3.61. The highest BCUT2D eigenvalue weighted by Crippen LogP contribution is 2.43. The van der Waals surface area contributed by atoms with E-state index in [0.717, 1.165) is 22.3 Å². The quantitative estimate of drug-likeness (QED) is 0.684. The number of aliphatic hydroxyl groups is 1. The van der Waals surface area contributed by atoms with Crippen LogP contribution >= 0.6 is 0 Å². The topological polar surface area (TPSA) is 40.5 Å². The molecular formula is C24H20FNO2. The number of hydrogen-bond acceptors (Lipinski definition) is 2. The third-order valence-corrected chi connectivity index (χ3v) is 5.05. The van der Waals surface area contributed by atoms with Crippen molar-refractivity contribution in [3.8, 4) is 0 Å². The largest absolute Gasteiger partial charge is 0.503 e. The molecule has 1 N–H and O–H groups in total. The van der Waals surface area contributed by atoms with Crippen molar-refractivity contribution in [2.24, 2.45) is 0 Å². The molecule has 0 fully saturated rings. The lowest BCUT2D eigenvalue weighted by Crippen LogP contribution is -2.29. The first kappa shape index (κ1) is 18.0. The number of benzene rings is 3. The Kier molecular flexibility index (Phi) is 4.70. The minimum Gasteiger partial charge on any atom is -0.503 e. The van der Waals surface area contributed by atoms with Gasteiger partial charge in [0.25, 0.3) is 5.91 Å². The van der Waals surface area contributed by atoms with Gasteiger partial charge < -0.3 is 10.0 Å². The van der Waals surface area contributed by atoms with Crippen molar-refractivity contribution in [1.82, 2.24) is 4.90 Å². The van der Waals surface area contributed by atoms with Crippen LogP contribution in [0.4, 0.5) is 4.39 Å². The van der Waals surface area contributed by atoms with Crippen LogP contribution in [0, 0.1) is 12.7 Å². The summed E-state index contributed by atoms with van der Waals surface area (Å²) < 4.78 is 13.5. The maximum Gasteiger partial charge on any atom is 0.290 e. The highest BCUT2D eigenvalue weighted by Gasteiger charge is 2.40. The number of amides is 1. The lowest BCUT2D eigenvalue weighted by molar-refractivity contribution is -0.130. The summed E-state index contributed by atoms with van der Waals surface area (Å²) in [5, 5.41) is 10.7. The van der Waals surface area contributed by atoms with Crippen molar-refractivity contribution in [2.75, 3.05) is 0 Å². The molecule has 1 atom stereocenters. The first-order valence-corrected chi connectivity index (χ1v) is 9.15. The summed E-state index contributed by atoms with van der Waals surface area (Å²) in [5.74, 6) is -1.02. The number of rotatable bonds is 4. The molecule has 1 amide bonds. The second-order valence-corrected chi connectivity index (χ2v) is 7.00. The zero-order valence-electron chi connectivity index (χ0n) is 15.5. The minimum atomic E-state index is -0.489. The van der Waals surface area contributed by atoms with Gasteiger partial charge in [0.1, 0.15) is 5.82 Å². The highest BCUT2D eigenvalue weighted by molar-refractivity contribution is 6.05. The molecule has 0 bridgehead atoms. The van der Waals surface area contributed by atoms with Gasteiger partial charge in [0.15, 0.2) is 5.76 Å². The lowest BCUT2D eigenvalue weighted by atomic mass is 9.93. The smallest absolute Gasteiger partial charge is 0.290 e. The number of halogens is 1. The molecule has 0 aromatic heterocycles. The minimum absolute atomic E-state index is 0.257. The fourth-order valence-corrected chi connectivity index (χ4v) is 3.61. The van der Waals surface area contributed by atoms with Crippen LogP contribution in [0.25, 0.3) is 5.57 Å². The van der Waals surface area contributed by atoms with Crippen LogP contribution in [0.5, 0.6) is 0 Å². The van der Waals surface area contributed by atoms with Crippen molar-refractivity contribution in [3.63, 3.8) is 0 Å². The Morgan fingerprint density at radius 2 is 1.57 bits per heavy atom. The summed E-state index contributed by atoms with van der Waals surface area (Å²) >= 11 is 0. The van der Waals surface area contributed by atoms with Gasteiger partial charge in [-0.2, -0.15) is 0 Å². The van der Waals surface area contributed by atoms with E-state index in [2.05, 4.69) is 0 Å². The van der Waals surface area contributed by atoms with Crippen LogP contribution in [-0.4, -0.2) is 15.9 Å². The van der Waals surface area contributed by atoms with E-state index in [0.29, 0.717) is 12.1 Å². The molecule has 28 heavy (non-hydrogen) atoms. The molecule has 1 aliphatic rings. The summed E-state index contributed by atoms with van der Waals surface area (Å²) in [6.07, 6.45) is 0. The Morgan fingerprint density at radius 1 is 0.929 bits per heavy atom. The predicted octanol–water partition coefficient (Wildman–Crippen LogP) is 5.19. The van der Waals surface area contributed by atoms with Crippen LogP contribution < -0.4 is 0 Å². The third-order valence-electron chi connectivity index (χ3n) is 5.05. The van der Waals surface area contributed by atoms with Crippen molar-refractivity contribution < 1.29 is 14.3 Å². The van der Waals surface area contributed by atoms with Crippen LogP contribution in [0.2, 0.25) is 0 Å². The van der Waals surface area contributed by atoms with Gasteiger partial charge in [0.2, 0.25) is 0 Å². The summed E-state index contributed by atoms with van der Waals surface area (Å²) in [6, 6.07) is 22.9. The number of nitrogens with zero attached hydrogens (tertiary/aromatic N) is 1. The van der Waals surface area contributed by atoms with Gasteiger partial charge >= 0.3 is 0 Å². The predicted molar refractivity (Wildman–Crippen MR) is 107 cm³/mol.